The van der Waals surface area contributed by atoms with Gasteiger partial charge in [-0.2, -0.15) is 0 Å². The zero-order valence-corrected chi connectivity index (χ0v) is 58.1. The van der Waals surface area contributed by atoms with Crippen LogP contribution in [0.3, 0.4) is 0 Å². The van der Waals surface area contributed by atoms with Gasteiger partial charge in [0.25, 0.3) is 11.8 Å². The molecule has 0 spiro atoms. The van der Waals surface area contributed by atoms with E-state index in [-0.39, 0.29) is 114 Å². The maximum Gasteiger partial charge on any atom is 0.357 e. The van der Waals surface area contributed by atoms with Gasteiger partial charge in [0.15, 0.2) is 23.0 Å². The Morgan fingerprint density at radius 2 is 0.885 bits per heavy atom. The first-order valence-corrected chi connectivity index (χ1v) is 33.9. The quantitative estimate of drug-likeness (QED) is 0.00492. The highest BCUT2D eigenvalue weighted by Crippen LogP contribution is 2.38. The van der Waals surface area contributed by atoms with Crippen LogP contribution in [0.1, 0.15) is 140 Å². The lowest BCUT2D eigenvalue weighted by Gasteiger charge is -2.17. The van der Waals surface area contributed by atoms with Gasteiger partial charge in [0.1, 0.15) is 67.0 Å². The number of aromatic nitrogens is 2. The topological polar surface area (TPSA) is 368 Å². The molecule has 0 unspecified atom stereocenters. The van der Waals surface area contributed by atoms with Gasteiger partial charge in [-0.3, -0.25) is 39.6 Å². The Balaban J connectivity index is 0.000000241. The molecule has 23 heteroatoms. The molecule has 2 atom stereocenters. The van der Waals surface area contributed by atoms with Crippen molar-refractivity contribution in [1.82, 2.24) is 20.6 Å². The minimum absolute atomic E-state index is 0.00295. The fraction of sp³-hybridized carbons (Fsp3) is 0.259. The van der Waals surface area contributed by atoms with Crippen molar-refractivity contribution in [1.29, 1.82) is 10.8 Å². The number of amidine groups is 2. The second-order valence-electron chi connectivity index (χ2n) is 25.1. The van der Waals surface area contributed by atoms with E-state index in [4.69, 9.17) is 56.4 Å². The van der Waals surface area contributed by atoms with Crippen molar-refractivity contribution in [2.24, 2.45) is 35.0 Å². The van der Waals surface area contributed by atoms with E-state index in [1.54, 1.807) is 104 Å². The van der Waals surface area contributed by atoms with Crippen LogP contribution in [0.2, 0.25) is 0 Å². The van der Waals surface area contributed by atoms with Crippen molar-refractivity contribution in [2.75, 3.05) is 53.7 Å². The second-order valence-corrected chi connectivity index (χ2v) is 25.1. The van der Waals surface area contributed by atoms with E-state index in [0.717, 1.165) is 36.8 Å². The third kappa shape index (κ3) is 20.9. The Morgan fingerprint density at radius 3 is 1.26 bits per heavy atom. The molecule has 0 radical (unpaired) electrons. The molecule has 2 fully saturated rings. The van der Waals surface area contributed by atoms with E-state index >= 15 is 0 Å². The van der Waals surface area contributed by atoms with Crippen molar-refractivity contribution >= 4 is 71.1 Å². The summed E-state index contributed by atoms with van der Waals surface area (Å²) in [7, 11) is 2.95. The van der Waals surface area contributed by atoms with Crippen LogP contribution in [0.5, 0.6) is 11.5 Å². The number of rotatable bonds is 34. The number of carbonyl (C=O) groups is 8. The van der Waals surface area contributed by atoms with Crippen LogP contribution in [-0.2, 0) is 54.2 Å². The van der Waals surface area contributed by atoms with Crippen LogP contribution < -0.4 is 37.3 Å². The van der Waals surface area contributed by atoms with E-state index in [0.29, 0.717) is 87.4 Å². The molecule has 2 aliphatic rings. The third-order valence-corrected chi connectivity index (χ3v) is 17.3. The SMILES string of the molecule is C=Cc1cc(C(=O)Cc2ccc(C(=N)N)cc2)c(-c2ccc(C(=O)NCC3CC3)nc2C(=O)OCCOC(=O)[C@@H](C)Cc2ccccc2)cc1OC.C=Cc1cc(C(=O)Cc2ccc(C(=N)N)cc2)c(-c2ccc(C(=O)NCC3CC3)nc2C(=O)OCCOC(=O)[C@@H](N)Cc2ccccc2)cc1OC. The Bertz CT molecular complexity index is 4230. The smallest absolute Gasteiger partial charge is 0.357 e. The number of nitrogens with one attached hydrogen (secondary N) is 4. The summed E-state index contributed by atoms with van der Waals surface area (Å²) in [6, 6.07) is 44.0. The first kappa shape index (κ1) is 76.0. The monoisotopic (exact) mass is 1410 g/mol. The number of pyridine rings is 2. The molecule has 2 saturated carbocycles. The number of nitrogens with zero attached hydrogens (tertiary/aromatic N) is 2. The van der Waals surface area contributed by atoms with E-state index in [1.807, 2.05) is 60.7 Å². The molecule has 2 aromatic heterocycles. The predicted octanol–water partition coefficient (Wildman–Crippen LogP) is 10.3. The normalized spacial score (nSPS) is 12.7. The van der Waals surface area contributed by atoms with E-state index in [1.165, 1.54) is 26.4 Å². The molecule has 536 valence electrons. The number of hydrogen-bond acceptors (Lipinski definition) is 19. The zero-order valence-electron chi connectivity index (χ0n) is 58.1. The summed E-state index contributed by atoms with van der Waals surface area (Å²) >= 11 is 0. The average molecular weight is 1410 g/mol. The highest BCUT2D eigenvalue weighted by molar-refractivity contribution is 6.09. The lowest BCUT2D eigenvalue weighted by molar-refractivity contribution is -0.149. The fourth-order valence-corrected chi connectivity index (χ4v) is 11.1. The first-order valence-electron chi connectivity index (χ1n) is 33.9. The van der Waals surface area contributed by atoms with Gasteiger partial charge in [-0.05, 0) is 132 Å². The summed E-state index contributed by atoms with van der Waals surface area (Å²) in [6.07, 6.45) is 8.03. The van der Waals surface area contributed by atoms with Crippen LogP contribution in [0.4, 0.5) is 0 Å². The summed E-state index contributed by atoms with van der Waals surface area (Å²) < 4.78 is 32.9. The van der Waals surface area contributed by atoms with Gasteiger partial charge >= 0.3 is 23.9 Å². The number of hydrogen-bond donors (Lipinski definition) is 7. The summed E-state index contributed by atoms with van der Waals surface area (Å²) in [4.78, 5) is 115. The van der Waals surface area contributed by atoms with Gasteiger partial charge in [-0.15, -0.1) is 0 Å². The van der Waals surface area contributed by atoms with Crippen molar-refractivity contribution in [2.45, 2.75) is 64.3 Å². The number of amides is 2. The Labute approximate surface area is 602 Å². The molecular weight excluding hydrogens is 1320 g/mol. The fourth-order valence-electron chi connectivity index (χ4n) is 11.1. The molecule has 0 aliphatic heterocycles. The van der Waals surface area contributed by atoms with E-state index < -0.39 is 47.7 Å². The molecule has 2 heterocycles. The minimum atomic E-state index is -0.909. The lowest BCUT2D eigenvalue weighted by atomic mass is 9.90. The van der Waals surface area contributed by atoms with Crippen molar-refractivity contribution in [3.8, 4) is 33.8 Å². The van der Waals surface area contributed by atoms with Crippen molar-refractivity contribution in [3.05, 3.63) is 249 Å². The summed E-state index contributed by atoms with van der Waals surface area (Å²) in [6.45, 7) is 9.44. The van der Waals surface area contributed by atoms with Gasteiger partial charge < -0.3 is 56.3 Å². The largest absolute Gasteiger partial charge is 0.496 e. The number of benzene rings is 6. The number of ketones is 2. The zero-order chi connectivity index (χ0) is 74.4. The molecule has 0 bridgehead atoms. The molecule has 6 aromatic carbocycles. The van der Waals surface area contributed by atoms with Crippen molar-refractivity contribution in [3.63, 3.8) is 0 Å². The first-order chi connectivity index (χ1) is 50.1. The molecule has 10 N–H and O–H groups in total. The van der Waals surface area contributed by atoms with Crippen LogP contribution in [0.15, 0.2) is 171 Å². The average Bonchev–Trinajstić information content (AvgIpc) is 1.08. The molecule has 8 aromatic rings. The van der Waals surface area contributed by atoms with Gasteiger partial charge in [-0.1, -0.05) is 141 Å². The predicted molar refractivity (Wildman–Crippen MR) is 394 cm³/mol. The molecule has 104 heavy (non-hydrogen) atoms. The van der Waals surface area contributed by atoms with Gasteiger partial charge in [0, 0.05) is 70.4 Å². The molecular formula is C81H83N9O14. The maximum atomic E-state index is 14.0. The second kappa shape index (κ2) is 36.4. The van der Waals surface area contributed by atoms with Crippen LogP contribution in [0.25, 0.3) is 34.4 Å². The molecule has 2 amide bonds. The Morgan fingerprint density at radius 1 is 0.500 bits per heavy atom. The van der Waals surface area contributed by atoms with Crippen molar-refractivity contribution < 1.29 is 66.8 Å². The van der Waals surface area contributed by atoms with Gasteiger partial charge in [-0.25, -0.2) is 19.6 Å². The summed E-state index contributed by atoms with van der Waals surface area (Å²) in [5.41, 5.74) is 23.8. The van der Waals surface area contributed by atoms with E-state index in [9.17, 15) is 38.4 Å². The van der Waals surface area contributed by atoms with Crippen LogP contribution in [0, 0.1) is 28.6 Å². The number of esters is 4. The van der Waals surface area contributed by atoms with Gasteiger partial charge in [0.2, 0.25) is 0 Å². The van der Waals surface area contributed by atoms with E-state index in [2.05, 4.69) is 33.8 Å². The number of carbonyl (C=O) groups excluding carboxylic acids is 8. The number of nitrogen functional groups attached to an aromatic ring is 2. The Kier molecular flexibility index (Phi) is 26.6. The molecule has 10 rings (SSSR count). The third-order valence-electron chi connectivity index (χ3n) is 17.3. The lowest BCUT2D eigenvalue weighted by Crippen LogP contribution is -2.35. The highest BCUT2D eigenvalue weighted by Gasteiger charge is 2.30. The van der Waals surface area contributed by atoms with Gasteiger partial charge in [0.05, 0.1) is 20.1 Å². The number of nitrogens with two attached hydrogens (primary N) is 3. The number of methoxy groups -OCH3 is 2. The minimum Gasteiger partial charge on any atom is -0.496 e. The summed E-state index contributed by atoms with van der Waals surface area (Å²) in [5, 5.41) is 21.0. The molecule has 23 nitrogen and oxygen atoms in total. The number of Topliss-reactive ketones (excluding diaryl/α,β-unsaturated/α-hetero) is 2. The number of ether oxygens (including phenoxy) is 6. The summed E-state index contributed by atoms with van der Waals surface area (Å²) in [5.74, 6) is -3.29. The van der Waals surface area contributed by atoms with Crippen LogP contribution in [-0.4, -0.2) is 129 Å². The Hall–Kier alpha value is -12.2. The van der Waals surface area contributed by atoms with Crippen LogP contribution >= 0.6 is 0 Å². The molecule has 0 saturated heterocycles. The maximum absolute atomic E-state index is 14.0. The highest BCUT2D eigenvalue weighted by atomic mass is 16.6. The molecule has 2 aliphatic carbocycles. The standard InChI is InChI=1S/C41H42N4O7.C40H41N5O7/c1-4-29-22-33(35(46)21-27-12-14-30(15-13-27)38(42)43)32(23-36(29)50-3)31-16-17-34(39(47)44-24-28-10-11-28)45-37(31)41(49)52-19-18-51-40(48)25(2)20-26-8-6-5-7-9-26;1-3-27-21-31(34(46)20-25-11-13-28(14-12-25)37(42)43)30(22-35(27)50-2)29-15-16-33(38(47)44-23-26-9-10-26)45-36(29)40(49)52-18-17-51-39(48)32(41)19-24-7-5-4-6-8-24/h4-9,12-17,22-23,25,28H,1,10-11,18-21,24H2,2-3H3,(H3,42,43)(H,44,47);3-8,11-16,21-22,26,32H,1,9-10,17-20,23,41H2,2H3,(H3,42,43)(H,44,47)/t25-;32-/m00/s1.